The van der Waals surface area contributed by atoms with Crippen molar-refractivity contribution in [3.8, 4) is 0 Å². The molecule has 64 valence electrons. The Hall–Kier alpha value is 1.69. The van der Waals surface area contributed by atoms with Crippen LogP contribution in [0.4, 0.5) is 0 Å². The molecule has 0 fully saturated rings. The van der Waals surface area contributed by atoms with Crippen molar-refractivity contribution in [2.75, 3.05) is 0 Å². The molecule has 0 spiro atoms. The van der Waals surface area contributed by atoms with Crippen LogP contribution in [0.3, 0.4) is 0 Å². The second-order valence-corrected chi connectivity index (χ2v) is 1.07. The number of carbonyl (C=O) groups is 2. The Morgan fingerprint density at radius 2 is 1.31 bits per heavy atom. The monoisotopic (exact) mass is 236 g/mol. The Bertz CT molecular complexity index is 139. The fourth-order valence-electron chi connectivity index (χ4n) is 0. The van der Waals surface area contributed by atoms with E-state index in [4.69, 9.17) is 15.0 Å². The first-order valence-corrected chi connectivity index (χ1v) is 2.23. The zero-order valence-electron chi connectivity index (χ0n) is 8.24. The topological polar surface area (TPSA) is 77.4 Å². The van der Waals surface area contributed by atoms with Crippen molar-refractivity contribution in [2.24, 2.45) is 0 Å². The minimum atomic E-state index is -1.23. The van der Waals surface area contributed by atoms with Crippen LogP contribution in [0.15, 0.2) is 25.3 Å². The van der Waals surface area contributed by atoms with Gasteiger partial charge in [0, 0.05) is 6.08 Å². The van der Waals surface area contributed by atoms with Crippen molar-refractivity contribution in [2.45, 2.75) is 0 Å². The van der Waals surface area contributed by atoms with Gasteiger partial charge < -0.3 is 22.4 Å². The first-order valence-electron chi connectivity index (χ1n) is 2.23. The molecule has 0 rings (SSSR count). The second-order valence-electron chi connectivity index (χ2n) is 1.07. The molecule has 0 aromatic heterocycles. The smallest absolute Gasteiger partial charge is 0.545 e. The summed E-state index contributed by atoms with van der Waals surface area (Å²) in [7, 11) is 0. The Balaban J connectivity index is -0.0000000267. The predicted octanol–water partition coefficient (Wildman–Crippen LogP) is -6.36. The molecule has 0 aliphatic rings. The molecule has 13 heavy (non-hydrogen) atoms. The summed E-state index contributed by atoms with van der Waals surface area (Å²) in [6, 6.07) is 0. The van der Waals surface area contributed by atoms with E-state index < -0.39 is 11.9 Å². The molecule has 0 aliphatic heterocycles. The molecule has 0 saturated heterocycles. The quantitative estimate of drug-likeness (QED) is 0.294. The van der Waals surface area contributed by atoms with E-state index in [1.165, 1.54) is 0 Å². The van der Waals surface area contributed by atoms with Gasteiger partial charge in [-0.2, -0.15) is 0 Å². The van der Waals surface area contributed by atoms with Crippen molar-refractivity contribution in [1.82, 2.24) is 0 Å². The van der Waals surface area contributed by atoms with Crippen molar-refractivity contribution in [3.05, 3.63) is 32.7 Å². The summed E-state index contributed by atoms with van der Waals surface area (Å²) in [5.74, 6) is -2.21. The summed E-state index contributed by atoms with van der Waals surface area (Å²) in [6.07, 6.45) is 1.56. The van der Waals surface area contributed by atoms with Crippen molar-refractivity contribution in [3.63, 3.8) is 0 Å². The molecular formula is C7H10K2O4. The van der Waals surface area contributed by atoms with Gasteiger partial charge in [0.05, 0.1) is 5.97 Å². The number of rotatable bonds is 2. The van der Waals surface area contributed by atoms with Gasteiger partial charge in [-0.3, -0.25) is 0 Å². The SMILES string of the molecule is C=CC(=O)O.C=CC(=O)[O-].[CH3-].[K+].[K+]. The maximum Gasteiger partial charge on any atom is 1.00 e. The molecular weight excluding hydrogens is 226 g/mol. The van der Waals surface area contributed by atoms with Crippen LogP contribution >= 0.6 is 0 Å². The molecule has 0 unspecified atom stereocenters. The maximum absolute atomic E-state index is 9.25. The third kappa shape index (κ3) is 57.8. The molecule has 0 aliphatic carbocycles. The van der Waals surface area contributed by atoms with E-state index in [0.29, 0.717) is 0 Å². The van der Waals surface area contributed by atoms with E-state index in [2.05, 4.69) is 13.2 Å². The number of carboxylic acids is 2. The average Bonchev–Trinajstić information content (AvgIpc) is 1.89. The fraction of sp³-hybridized carbons (Fsp3) is 0. The molecule has 0 amide bonds. The summed E-state index contributed by atoms with van der Waals surface area (Å²) in [4.78, 5) is 18.4. The van der Waals surface area contributed by atoms with Gasteiger partial charge in [-0.15, -0.1) is 0 Å². The zero-order valence-corrected chi connectivity index (χ0v) is 14.5. The minimum absolute atomic E-state index is 0. The van der Waals surface area contributed by atoms with Crippen LogP contribution in [0.5, 0.6) is 0 Å². The summed E-state index contributed by atoms with van der Waals surface area (Å²) in [6.45, 7) is 5.86. The summed E-state index contributed by atoms with van der Waals surface area (Å²) < 4.78 is 0. The van der Waals surface area contributed by atoms with Gasteiger partial charge >= 0.3 is 109 Å². The summed E-state index contributed by atoms with van der Waals surface area (Å²) >= 11 is 0. The predicted molar refractivity (Wildman–Crippen MR) is 39.5 cm³/mol. The van der Waals surface area contributed by atoms with E-state index in [-0.39, 0.29) is 110 Å². The van der Waals surface area contributed by atoms with Gasteiger partial charge in [-0.05, 0) is 6.08 Å². The molecule has 6 heteroatoms. The third-order valence-electron chi connectivity index (χ3n) is 0.341. The van der Waals surface area contributed by atoms with Crippen LogP contribution in [-0.2, 0) is 9.59 Å². The van der Waals surface area contributed by atoms with Gasteiger partial charge in [0.15, 0.2) is 0 Å². The zero-order chi connectivity index (χ0) is 8.57. The molecule has 0 atom stereocenters. The van der Waals surface area contributed by atoms with E-state index in [1.54, 1.807) is 0 Å². The van der Waals surface area contributed by atoms with E-state index in [1.807, 2.05) is 0 Å². The largest absolute Gasteiger partial charge is 1.00 e. The van der Waals surface area contributed by atoms with Crippen molar-refractivity contribution < 1.29 is 123 Å². The van der Waals surface area contributed by atoms with Crippen LogP contribution < -0.4 is 108 Å². The standard InChI is InChI=1S/2C3H4O2.CH3.2K/c2*1-2-3(4)5;;;/h2*2H,1H2,(H,4,5);1H3;;/q;;-1;2*+1/p-1. The van der Waals surface area contributed by atoms with E-state index in [0.717, 1.165) is 12.2 Å². The summed E-state index contributed by atoms with van der Waals surface area (Å²) in [5.41, 5.74) is 0. The van der Waals surface area contributed by atoms with Gasteiger partial charge in [-0.25, -0.2) is 4.79 Å². The molecule has 0 saturated carbocycles. The van der Waals surface area contributed by atoms with Gasteiger partial charge in [0.1, 0.15) is 0 Å². The molecule has 0 bridgehead atoms. The van der Waals surface area contributed by atoms with Gasteiger partial charge in [0.2, 0.25) is 0 Å². The number of hydrogen-bond donors (Lipinski definition) is 1. The van der Waals surface area contributed by atoms with E-state index >= 15 is 0 Å². The third-order valence-corrected chi connectivity index (χ3v) is 0.341. The average molecular weight is 236 g/mol. The molecule has 0 aromatic rings. The molecule has 0 radical (unpaired) electrons. The Labute approximate surface area is 163 Å². The Kier molecular flexibility index (Phi) is 53.0. The Morgan fingerprint density at radius 1 is 1.15 bits per heavy atom. The van der Waals surface area contributed by atoms with Crippen LogP contribution in [0.2, 0.25) is 0 Å². The van der Waals surface area contributed by atoms with E-state index in [9.17, 15) is 4.79 Å². The van der Waals surface area contributed by atoms with Crippen LogP contribution in [0, 0.1) is 7.43 Å². The molecule has 0 heterocycles. The Morgan fingerprint density at radius 3 is 1.31 bits per heavy atom. The fourth-order valence-corrected chi connectivity index (χ4v) is 0. The summed E-state index contributed by atoms with van der Waals surface area (Å²) in [5, 5.41) is 16.7. The second kappa shape index (κ2) is 23.5. The van der Waals surface area contributed by atoms with Crippen LogP contribution in [-0.4, -0.2) is 17.0 Å². The maximum atomic E-state index is 9.25. The number of hydrogen-bond acceptors (Lipinski definition) is 3. The number of aliphatic carboxylic acids is 2. The van der Waals surface area contributed by atoms with Gasteiger partial charge in [0.25, 0.3) is 0 Å². The molecule has 1 N–H and O–H groups in total. The first kappa shape index (κ1) is 29.3. The van der Waals surface area contributed by atoms with Gasteiger partial charge in [-0.1, -0.05) is 13.2 Å². The molecule has 0 aromatic carbocycles. The number of carbonyl (C=O) groups excluding carboxylic acids is 1. The molecule has 4 nitrogen and oxygen atoms in total. The normalized spacial score (nSPS) is 4.92. The van der Waals surface area contributed by atoms with Crippen LogP contribution in [0.1, 0.15) is 0 Å². The number of carboxylic acid groups (broad SMARTS) is 2. The van der Waals surface area contributed by atoms with Crippen LogP contribution in [0.25, 0.3) is 0 Å². The van der Waals surface area contributed by atoms with Crippen molar-refractivity contribution >= 4 is 11.9 Å². The minimum Gasteiger partial charge on any atom is -0.545 e. The van der Waals surface area contributed by atoms with Crippen molar-refractivity contribution in [1.29, 1.82) is 0 Å². The first-order chi connectivity index (χ1) is 4.54.